The Balaban J connectivity index is 1.88. The van der Waals surface area contributed by atoms with Crippen molar-refractivity contribution in [2.24, 2.45) is 5.41 Å². The van der Waals surface area contributed by atoms with Crippen molar-refractivity contribution in [3.63, 3.8) is 0 Å². The molecule has 0 atom stereocenters. The van der Waals surface area contributed by atoms with Gasteiger partial charge in [0.05, 0.1) is 5.69 Å². The number of aromatic nitrogens is 3. The average molecular weight is 375 g/mol. The van der Waals surface area contributed by atoms with Crippen molar-refractivity contribution in [3.05, 3.63) is 51.9 Å². The number of amides is 1. The first kappa shape index (κ1) is 18.0. The van der Waals surface area contributed by atoms with Crippen molar-refractivity contribution in [2.45, 2.75) is 33.6 Å². The molecular formula is C21H21N5O2. The minimum absolute atomic E-state index is 0.0984. The maximum absolute atomic E-state index is 12.9. The minimum Gasteiger partial charge on any atom is -0.312 e. The first-order valence-corrected chi connectivity index (χ1v) is 9.33. The van der Waals surface area contributed by atoms with Crippen LogP contribution in [0.25, 0.3) is 16.9 Å². The highest BCUT2D eigenvalue weighted by Gasteiger charge is 2.39. The van der Waals surface area contributed by atoms with Crippen LogP contribution in [-0.2, 0) is 11.2 Å². The van der Waals surface area contributed by atoms with Gasteiger partial charge in [-0.05, 0) is 25.0 Å². The molecular weight excluding hydrogens is 354 g/mol. The third-order valence-corrected chi connectivity index (χ3v) is 5.45. The van der Waals surface area contributed by atoms with Gasteiger partial charge in [-0.2, -0.15) is 5.26 Å². The van der Waals surface area contributed by atoms with Crippen molar-refractivity contribution in [1.82, 2.24) is 14.6 Å². The fourth-order valence-electron chi connectivity index (χ4n) is 3.72. The second-order valence-corrected chi connectivity index (χ2v) is 7.70. The maximum Gasteiger partial charge on any atom is 0.276 e. The molecule has 1 aliphatic heterocycles. The lowest BCUT2D eigenvalue weighted by Crippen LogP contribution is -2.30. The molecule has 2 aromatic heterocycles. The molecule has 0 unspecified atom stereocenters. The zero-order chi connectivity index (χ0) is 20.1. The van der Waals surface area contributed by atoms with Crippen LogP contribution in [-0.4, -0.2) is 27.0 Å². The Morgan fingerprint density at radius 2 is 2.11 bits per heavy atom. The van der Waals surface area contributed by atoms with Crippen LogP contribution in [0, 0.1) is 16.7 Å². The molecule has 142 valence electrons. The summed E-state index contributed by atoms with van der Waals surface area (Å²) in [5.41, 5.74) is 2.71. The van der Waals surface area contributed by atoms with E-state index in [-0.39, 0.29) is 16.9 Å². The predicted octanol–water partition coefficient (Wildman–Crippen LogP) is 2.89. The van der Waals surface area contributed by atoms with E-state index in [0.29, 0.717) is 35.4 Å². The highest BCUT2D eigenvalue weighted by atomic mass is 16.2. The van der Waals surface area contributed by atoms with E-state index in [2.05, 4.69) is 16.2 Å². The SMILES string of the molecule is CCc1c(-c2cccc(N3CCC(C)(C)C3=O)c2)nc2c(C#N)c[nH]n2c1=O. The fourth-order valence-corrected chi connectivity index (χ4v) is 3.72. The molecule has 1 amide bonds. The molecule has 1 N–H and O–H groups in total. The first-order chi connectivity index (χ1) is 13.4. The van der Waals surface area contributed by atoms with Crippen LogP contribution >= 0.6 is 0 Å². The van der Waals surface area contributed by atoms with Gasteiger partial charge in [0.25, 0.3) is 5.56 Å². The van der Waals surface area contributed by atoms with Crippen LogP contribution in [0.5, 0.6) is 0 Å². The maximum atomic E-state index is 12.9. The van der Waals surface area contributed by atoms with Gasteiger partial charge < -0.3 is 4.90 Å². The standard InChI is InChI=1S/C21H21N5O2/c1-4-16-17(24-18-14(11-22)12-23-26(18)19(16)27)13-6-5-7-15(10-13)25-9-8-21(2,3)20(25)28/h5-7,10,12,23H,4,8-9H2,1-3H3. The van der Waals surface area contributed by atoms with Crippen molar-refractivity contribution in [3.8, 4) is 17.3 Å². The third-order valence-electron chi connectivity index (χ3n) is 5.45. The molecule has 4 rings (SSSR count). The number of H-pyrrole nitrogens is 1. The number of hydrogen-bond acceptors (Lipinski definition) is 4. The van der Waals surface area contributed by atoms with Crippen LogP contribution in [0.15, 0.2) is 35.3 Å². The number of fused-ring (bicyclic) bond motifs is 1. The van der Waals surface area contributed by atoms with Crippen LogP contribution in [0.1, 0.15) is 38.3 Å². The van der Waals surface area contributed by atoms with Gasteiger partial charge in [-0.1, -0.05) is 32.9 Å². The van der Waals surface area contributed by atoms with Crippen LogP contribution < -0.4 is 10.5 Å². The van der Waals surface area contributed by atoms with E-state index >= 15 is 0 Å². The topological polar surface area (TPSA) is 94.3 Å². The predicted molar refractivity (Wildman–Crippen MR) is 106 cm³/mol. The number of aromatic amines is 1. The lowest BCUT2D eigenvalue weighted by Gasteiger charge is -2.20. The Labute approximate surface area is 162 Å². The van der Waals surface area contributed by atoms with Gasteiger partial charge in [-0.15, -0.1) is 0 Å². The van der Waals surface area contributed by atoms with Gasteiger partial charge in [0.15, 0.2) is 5.65 Å². The minimum atomic E-state index is -0.368. The summed E-state index contributed by atoms with van der Waals surface area (Å²) >= 11 is 0. The Bertz CT molecular complexity index is 1200. The van der Waals surface area contributed by atoms with E-state index in [1.807, 2.05) is 45.0 Å². The number of carbonyl (C=O) groups excluding carboxylic acids is 1. The van der Waals surface area contributed by atoms with Crippen LogP contribution in [0.3, 0.4) is 0 Å². The molecule has 28 heavy (non-hydrogen) atoms. The Morgan fingerprint density at radius 3 is 2.75 bits per heavy atom. The number of nitrogens with one attached hydrogen (secondary N) is 1. The lowest BCUT2D eigenvalue weighted by atomic mass is 9.92. The van der Waals surface area contributed by atoms with E-state index in [4.69, 9.17) is 0 Å². The number of rotatable bonds is 3. The van der Waals surface area contributed by atoms with E-state index in [1.165, 1.54) is 10.7 Å². The van der Waals surface area contributed by atoms with Crippen molar-refractivity contribution in [2.75, 3.05) is 11.4 Å². The number of hydrogen-bond donors (Lipinski definition) is 1. The summed E-state index contributed by atoms with van der Waals surface area (Å²) in [4.78, 5) is 32.0. The summed E-state index contributed by atoms with van der Waals surface area (Å²) in [6.07, 6.45) is 2.79. The smallest absolute Gasteiger partial charge is 0.276 e. The number of nitrogens with zero attached hydrogens (tertiary/aromatic N) is 4. The van der Waals surface area contributed by atoms with Gasteiger partial charge in [-0.25, -0.2) is 9.50 Å². The van der Waals surface area contributed by atoms with Gasteiger partial charge in [0.2, 0.25) is 5.91 Å². The summed E-state index contributed by atoms with van der Waals surface area (Å²) in [5.74, 6) is 0.0984. The molecule has 1 saturated heterocycles. The van der Waals surface area contributed by atoms with E-state index in [9.17, 15) is 14.9 Å². The van der Waals surface area contributed by atoms with Gasteiger partial charge in [-0.3, -0.25) is 14.7 Å². The molecule has 1 aliphatic rings. The Hall–Kier alpha value is -3.40. The molecule has 7 heteroatoms. The molecule has 0 aliphatic carbocycles. The number of benzene rings is 1. The van der Waals surface area contributed by atoms with E-state index < -0.39 is 0 Å². The van der Waals surface area contributed by atoms with Crippen LogP contribution in [0.2, 0.25) is 0 Å². The number of anilines is 1. The molecule has 3 heterocycles. The summed E-state index contributed by atoms with van der Waals surface area (Å²) in [7, 11) is 0. The molecule has 0 bridgehead atoms. The summed E-state index contributed by atoms with van der Waals surface area (Å²) in [6, 6.07) is 9.61. The van der Waals surface area contributed by atoms with Gasteiger partial charge in [0.1, 0.15) is 11.6 Å². The molecule has 0 saturated carbocycles. The molecule has 1 aromatic carbocycles. The largest absolute Gasteiger partial charge is 0.312 e. The molecule has 7 nitrogen and oxygen atoms in total. The Kier molecular flexibility index (Phi) is 4.07. The van der Waals surface area contributed by atoms with Crippen molar-refractivity contribution >= 4 is 17.2 Å². The van der Waals surface area contributed by atoms with Crippen molar-refractivity contribution in [1.29, 1.82) is 5.26 Å². The fraction of sp³-hybridized carbons (Fsp3) is 0.333. The monoisotopic (exact) mass is 375 g/mol. The molecule has 3 aromatic rings. The highest BCUT2D eigenvalue weighted by Crippen LogP contribution is 2.35. The summed E-state index contributed by atoms with van der Waals surface area (Å²) in [5, 5.41) is 12.1. The van der Waals surface area contributed by atoms with Crippen LogP contribution in [0.4, 0.5) is 5.69 Å². The number of nitriles is 1. The lowest BCUT2D eigenvalue weighted by molar-refractivity contribution is -0.123. The molecule has 0 spiro atoms. The highest BCUT2D eigenvalue weighted by molar-refractivity contribution is 5.99. The summed E-state index contributed by atoms with van der Waals surface area (Å²) in [6.45, 7) is 6.49. The second-order valence-electron chi connectivity index (χ2n) is 7.70. The first-order valence-electron chi connectivity index (χ1n) is 9.33. The average Bonchev–Trinajstić information content (AvgIpc) is 3.22. The third kappa shape index (κ3) is 2.61. The second kappa shape index (κ2) is 6.34. The molecule has 0 radical (unpaired) electrons. The molecule has 1 fully saturated rings. The Morgan fingerprint density at radius 1 is 1.32 bits per heavy atom. The van der Waals surface area contributed by atoms with E-state index in [1.54, 1.807) is 4.90 Å². The normalized spacial score (nSPS) is 15.9. The quantitative estimate of drug-likeness (QED) is 0.761. The van der Waals surface area contributed by atoms with Gasteiger partial charge >= 0.3 is 0 Å². The number of carbonyl (C=O) groups is 1. The van der Waals surface area contributed by atoms with E-state index in [0.717, 1.165) is 17.7 Å². The zero-order valence-corrected chi connectivity index (χ0v) is 16.1. The summed E-state index contributed by atoms with van der Waals surface area (Å²) < 4.78 is 1.30. The zero-order valence-electron chi connectivity index (χ0n) is 16.1. The van der Waals surface area contributed by atoms with Gasteiger partial charge in [0, 0.05) is 35.0 Å². The van der Waals surface area contributed by atoms with Crippen molar-refractivity contribution < 1.29 is 4.79 Å².